The van der Waals surface area contributed by atoms with Gasteiger partial charge in [0.25, 0.3) is 40.8 Å². The second-order valence-electron chi connectivity index (χ2n) is 7.54. The number of aliphatic hydroxyl groups is 12. The van der Waals surface area contributed by atoms with Gasteiger partial charge in [0.15, 0.2) is 11.5 Å². The standard InChI is InChI=1S/C16H21NO15/c1-31-6-3-2-5(8-11(19,20)10(18)17-14(8,25)26)4-7(6)32-9-12(21,22)15(27,28)16(29,30)13(9,23)24/h2-4,8-9,19-30H,1H3,(H,17,18). The molecule has 1 unspecified atom stereocenters. The van der Waals surface area contributed by atoms with Crippen molar-refractivity contribution in [2.75, 3.05) is 7.11 Å². The molecule has 1 aromatic carbocycles. The van der Waals surface area contributed by atoms with Crippen LogP contribution >= 0.6 is 0 Å². The second kappa shape index (κ2) is 6.67. The minimum Gasteiger partial charge on any atom is -0.493 e. The van der Waals surface area contributed by atoms with Gasteiger partial charge in [-0.1, -0.05) is 6.07 Å². The lowest BCUT2D eigenvalue weighted by Crippen LogP contribution is -2.66. The molecule has 1 saturated heterocycles. The summed E-state index contributed by atoms with van der Waals surface area (Å²) in [4.78, 5) is 11.7. The van der Waals surface area contributed by atoms with Crippen LogP contribution < -0.4 is 14.8 Å². The van der Waals surface area contributed by atoms with Gasteiger partial charge in [0.2, 0.25) is 6.10 Å². The van der Waals surface area contributed by atoms with E-state index in [9.17, 15) is 66.1 Å². The summed E-state index contributed by atoms with van der Waals surface area (Å²) < 4.78 is 9.87. The molecule has 16 nitrogen and oxygen atoms in total. The van der Waals surface area contributed by atoms with Crippen molar-refractivity contribution in [2.24, 2.45) is 0 Å². The number of benzene rings is 1. The Hall–Kier alpha value is -2.19. The van der Waals surface area contributed by atoms with E-state index in [1.807, 2.05) is 0 Å². The van der Waals surface area contributed by atoms with Crippen LogP contribution in [-0.4, -0.2) is 115 Å². The largest absolute Gasteiger partial charge is 0.493 e. The number of hydrogen-bond acceptors (Lipinski definition) is 15. The summed E-state index contributed by atoms with van der Waals surface area (Å²) in [7, 11) is 1.04. The first-order valence-corrected chi connectivity index (χ1v) is 8.62. The van der Waals surface area contributed by atoms with Crippen LogP contribution in [0.5, 0.6) is 11.5 Å². The van der Waals surface area contributed by atoms with Crippen LogP contribution in [0.2, 0.25) is 0 Å². The van der Waals surface area contributed by atoms with Crippen molar-refractivity contribution >= 4 is 5.91 Å². The van der Waals surface area contributed by atoms with Crippen LogP contribution in [0.15, 0.2) is 18.2 Å². The fourth-order valence-corrected chi connectivity index (χ4v) is 3.62. The molecule has 0 bridgehead atoms. The minimum absolute atomic E-state index is 0.365. The van der Waals surface area contributed by atoms with E-state index in [0.717, 1.165) is 19.2 Å². The molecule has 3 rings (SSSR count). The molecule has 2 fully saturated rings. The Bertz CT molecular complexity index is 911. The molecular weight excluding hydrogens is 446 g/mol. The molecule has 2 aliphatic rings. The number of carbonyl (C=O) groups excluding carboxylic acids is 1. The second-order valence-corrected chi connectivity index (χ2v) is 7.54. The maximum Gasteiger partial charge on any atom is 0.284 e. The summed E-state index contributed by atoms with van der Waals surface area (Å²) >= 11 is 0. The summed E-state index contributed by atoms with van der Waals surface area (Å²) in [6.07, 6.45) is -3.03. The Morgan fingerprint density at radius 1 is 0.812 bits per heavy atom. The molecule has 1 aliphatic carbocycles. The fourth-order valence-electron chi connectivity index (χ4n) is 3.62. The zero-order valence-corrected chi connectivity index (χ0v) is 16.0. The Morgan fingerprint density at radius 3 is 1.72 bits per heavy atom. The van der Waals surface area contributed by atoms with E-state index in [1.165, 1.54) is 5.32 Å². The van der Waals surface area contributed by atoms with E-state index in [2.05, 4.69) is 0 Å². The van der Waals surface area contributed by atoms with Crippen molar-refractivity contribution in [1.29, 1.82) is 0 Å². The van der Waals surface area contributed by atoms with Gasteiger partial charge in [-0.25, -0.2) is 0 Å². The average Bonchev–Trinajstić information content (AvgIpc) is 2.84. The molecule has 32 heavy (non-hydrogen) atoms. The molecule has 1 aromatic rings. The topological polar surface area (TPSA) is 290 Å². The normalized spacial score (nSPS) is 28.9. The summed E-state index contributed by atoms with van der Waals surface area (Å²) in [6, 6.07) is 2.66. The molecule has 1 saturated carbocycles. The number of rotatable bonds is 4. The number of carbonyl (C=O) groups is 1. The molecule has 0 radical (unpaired) electrons. The third kappa shape index (κ3) is 2.91. The lowest BCUT2D eigenvalue weighted by atomic mass is 9.90. The molecule has 180 valence electrons. The predicted molar refractivity (Wildman–Crippen MR) is 91.3 cm³/mol. The molecule has 1 heterocycles. The number of hydrogen-bond donors (Lipinski definition) is 13. The van der Waals surface area contributed by atoms with E-state index >= 15 is 0 Å². The van der Waals surface area contributed by atoms with Crippen LogP contribution in [-0.2, 0) is 4.79 Å². The molecule has 0 spiro atoms. The van der Waals surface area contributed by atoms with E-state index in [-0.39, 0.29) is 5.75 Å². The van der Waals surface area contributed by atoms with Crippen molar-refractivity contribution < 1.29 is 75.5 Å². The molecule has 1 aliphatic heterocycles. The highest BCUT2D eigenvalue weighted by Gasteiger charge is 2.85. The zero-order chi connectivity index (χ0) is 24.7. The smallest absolute Gasteiger partial charge is 0.284 e. The van der Waals surface area contributed by atoms with E-state index in [1.54, 1.807) is 0 Å². The maximum atomic E-state index is 11.7. The fraction of sp³-hybridized carbons (Fsp3) is 0.562. The first kappa shape index (κ1) is 24.5. The Balaban J connectivity index is 2.11. The van der Waals surface area contributed by atoms with Gasteiger partial charge in [0.1, 0.15) is 5.92 Å². The summed E-state index contributed by atoms with van der Waals surface area (Å²) in [6.45, 7) is 0. The van der Waals surface area contributed by atoms with Gasteiger partial charge in [0, 0.05) is 0 Å². The first-order chi connectivity index (χ1) is 14.3. The summed E-state index contributed by atoms with van der Waals surface area (Å²) in [5.41, 5.74) is -0.478. The van der Waals surface area contributed by atoms with Gasteiger partial charge < -0.3 is 70.8 Å². The number of methoxy groups -OCH3 is 1. The summed E-state index contributed by atoms with van der Waals surface area (Å²) in [5.74, 6) is -28.6. The number of nitrogens with one attached hydrogen (secondary N) is 1. The minimum atomic E-state index is -4.38. The van der Waals surface area contributed by atoms with Crippen LogP contribution in [0.1, 0.15) is 11.5 Å². The number of ether oxygens (including phenoxy) is 2. The molecule has 13 N–H and O–H groups in total. The Labute approximate surface area is 177 Å². The van der Waals surface area contributed by atoms with E-state index < -0.39 is 64.1 Å². The van der Waals surface area contributed by atoms with Crippen molar-refractivity contribution in [3.63, 3.8) is 0 Å². The maximum absolute atomic E-state index is 11.7. The quantitative estimate of drug-likeness (QED) is 0.183. The van der Waals surface area contributed by atoms with E-state index in [0.29, 0.717) is 6.07 Å². The van der Waals surface area contributed by atoms with Crippen molar-refractivity contribution in [3.8, 4) is 11.5 Å². The Kier molecular flexibility index (Phi) is 5.09. The Morgan fingerprint density at radius 2 is 1.31 bits per heavy atom. The SMILES string of the molecule is COc1ccc(C2C(O)(O)NC(=O)C2(O)O)cc1OC1C(O)(O)C(O)(O)C(O)(O)C1(O)O. The number of amides is 1. The zero-order valence-electron chi connectivity index (χ0n) is 16.0. The van der Waals surface area contributed by atoms with Gasteiger partial charge in [-0.05, 0) is 17.7 Å². The molecular formula is C16H21NO15. The first-order valence-electron chi connectivity index (χ1n) is 8.62. The lowest BCUT2D eigenvalue weighted by Gasteiger charge is -2.34. The highest BCUT2D eigenvalue weighted by molar-refractivity contribution is 5.88. The third-order valence-electron chi connectivity index (χ3n) is 5.45. The van der Waals surface area contributed by atoms with Gasteiger partial charge >= 0.3 is 0 Å². The van der Waals surface area contributed by atoms with Crippen LogP contribution in [0, 0.1) is 0 Å². The van der Waals surface area contributed by atoms with Crippen LogP contribution in [0.4, 0.5) is 0 Å². The predicted octanol–water partition coefficient (Wildman–Crippen LogP) is -7.29. The van der Waals surface area contributed by atoms with Gasteiger partial charge in [-0.15, -0.1) is 0 Å². The van der Waals surface area contributed by atoms with Gasteiger partial charge in [-0.3, -0.25) is 10.1 Å². The van der Waals surface area contributed by atoms with Crippen LogP contribution in [0.25, 0.3) is 0 Å². The molecule has 16 heteroatoms. The summed E-state index contributed by atoms with van der Waals surface area (Å²) in [5, 5.41) is 120. The molecule has 1 amide bonds. The van der Waals surface area contributed by atoms with Crippen molar-refractivity contribution in [2.45, 2.75) is 46.9 Å². The van der Waals surface area contributed by atoms with Crippen molar-refractivity contribution in [1.82, 2.24) is 5.32 Å². The average molecular weight is 467 g/mol. The molecule has 0 aromatic heterocycles. The highest BCUT2D eigenvalue weighted by atomic mass is 16.7. The highest BCUT2D eigenvalue weighted by Crippen LogP contribution is 2.50. The lowest BCUT2D eigenvalue weighted by molar-refractivity contribution is -0.452. The van der Waals surface area contributed by atoms with E-state index in [4.69, 9.17) is 9.47 Å². The third-order valence-corrected chi connectivity index (χ3v) is 5.45. The van der Waals surface area contributed by atoms with Crippen molar-refractivity contribution in [3.05, 3.63) is 23.8 Å². The van der Waals surface area contributed by atoms with Gasteiger partial charge in [0.05, 0.1) is 7.11 Å². The van der Waals surface area contributed by atoms with Gasteiger partial charge in [-0.2, -0.15) is 0 Å². The van der Waals surface area contributed by atoms with Crippen LogP contribution in [0.3, 0.4) is 0 Å². The molecule has 1 atom stereocenters. The monoisotopic (exact) mass is 467 g/mol.